The zero-order chi connectivity index (χ0) is 12.5. The number of carbonyl (C=O) groups is 1. The first kappa shape index (κ1) is 10.8. The van der Waals surface area contributed by atoms with E-state index in [1.807, 2.05) is 16.7 Å². The Kier molecular flexibility index (Phi) is 2.47. The van der Waals surface area contributed by atoms with Gasteiger partial charge in [-0.05, 0) is 12.1 Å². The van der Waals surface area contributed by atoms with Crippen LogP contribution in [0.2, 0.25) is 0 Å². The fraction of sp³-hybridized carbons (Fsp3) is 0.250. The number of carbonyl (C=O) groups excluding carboxylic acids is 1. The summed E-state index contributed by atoms with van der Waals surface area (Å²) in [6.45, 7) is 1.85. The molecule has 18 heavy (non-hydrogen) atoms. The van der Waals surface area contributed by atoms with Crippen molar-refractivity contribution in [1.29, 1.82) is 0 Å². The van der Waals surface area contributed by atoms with E-state index < -0.39 is 0 Å². The third-order valence-electron chi connectivity index (χ3n) is 3.12. The molecule has 0 bridgehead atoms. The highest BCUT2D eigenvalue weighted by Gasteiger charge is 2.23. The predicted molar refractivity (Wildman–Crippen MR) is 65.6 cm³/mol. The zero-order valence-corrected chi connectivity index (χ0v) is 9.78. The lowest BCUT2D eigenvalue weighted by Crippen LogP contribution is -2.38. The Bertz CT molecular complexity index is 592. The number of anilines is 1. The van der Waals surface area contributed by atoms with Crippen LogP contribution in [0.15, 0.2) is 30.6 Å². The first-order valence-corrected chi connectivity index (χ1v) is 5.76. The highest BCUT2D eigenvalue weighted by Crippen LogP contribution is 2.17. The molecule has 1 aromatic heterocycles. The minimum atomic E-state index is -0.0534. The van der Waals surface area contributed by atoms with Crippen molar-refractivity contribution in [2.24, 2.45) is 0 Å². The standard InChI is InChI=1S/C12H13N5O/c13-10-4-2-1-3-9(10)12(18)16-5-6-17-8-14-15-11(17)7-16/h1-4,8H,5-7,13H2. The molecule has 2 N–H and O–H groups in total. The molecule has 1 aliphatic heterocycles. The molecule has 3 rings (SSSR count). The number of amides is 1. The molecule has 1 aromatic carbocycles. The van der Waals surface area contributed by atoms with Crippen LogP contribution in [0, 0.1) is 0 Å². The van der Waals surface area contributed by atoms with Gasteiger partial charge in [0.15, 0.2) is 5.82 Å². The molecular formula is C12H13N5O. The van der Waals surface area contributed by atoms with Crippen LogP contribution in [0.3, 0.4) is 0 Å². The van der Waals surface area contributed by atoms with Crippen LogP contribution >= 0.6 is 0 Å². The first-order valence-electron chi connectivity index (χ1n) is 5.76. The average Bonchev–Trinajstić information content (AvgIpc) is 2.85. The molecule has 6 nitrogen and oxygen atoms in total. The van der Waals surface area contributed by atoms with Gasteiger partial charge in [-0.3, -0.25) is 4.79 Å². The number of nitrogen functional groups attached to an aromatic ring is 1. The average molecular weight is 243 g/mol. The summed E-state index contributed by atoms with van der Waals surface area (Å²) in [7, 11) is 0. The normalized spacial score (nSPS) is 14.3. The molecule has 1 aliphatic rings. The van der Waals surface area contributed by atoms with Gasteiger partial charge in [-0.2, -0.15) is 0 Å². The highest BCUT2D eigenvalue weighted by molar-refractivity contribution is 5.99. The van der Waals surface area contributed by atoms with E-state index in [0.29, 0.717) is 24.3 Å². The van der Waals surface area contributed by atoms with Crippen molar-refractivity contribution in [2.75, 3.05) is 12.3 Å². The number of rotatable bonds is 1. The lowest BCUT2D eigenvalue weighted by molar-refractivity contribution is 0.0708. The number of nitrogens with zero attached hydrogens (tertiary/aromatic N) is 4. The zero-order valence-electron chi connectivity index (χ0n) is 9.78. The summed E-state index contributed by atoms with van der Waals surface area (Å²) >= 11 is 0. The topological polar surface area (TPSA) is 77.0 Å². The summed E-state index contributed by atoms with van der Waals surface area (Å²) in [5.41, 5.74) is 6.88. The molecule has 0 spiro atoms. The van der Waals surface area contributed by atoms with Gasteiger partial charge in [-0.1, -0.05) is 12.1 Å². The van der Waals surface area contributed by atoms with Crippen LogP contribution in [0.5, 0.6) is 0 Å². The minimum Gasteiger partial charge on any atom is -0.398 e. The Labute approximate surface area is 104 Å². The van der Waals surface area contributed by atoms with E-state index in [2.05, 4.69) is 10.2 Å². The Morgan fingerprint density at radius 2 is 2.11 bits per heavy atom. The van der Waals surface area contributed by atoms with Crippen LogP contribution in [0.4, 0.5) is 5.69 Å². The molecule has 92 valence electrons. The monoisotopic (exact) mass is 243 g/mol. The van der Waals surface area contributed by atoms with E-state index in [4.69, 9.17) is 5.73 Å². The van der Waals surface area contributed by atoms with E-state index in [0.717, 1.165) is 12.4 Å². The maximum Gasteiger partial charge on any atom is 0.256 e. The number of para-hydroxylation sites is 1. The van der Waals surface area contributed by atoms with Gasteiger partial charge in [0.05, 0.1) is 12.1 Å². The molecule has 2 aromatic rings. The molecule has 0 atom stereocenters. The van der Waals surface area contributed by atoms with E-state index in [1.54, 1.807) is 23.4 Å². The van der Waals surface area contributed by atoms with Crippen LogP contribution in [-0.4, -0.2) is 32.1 Å². The second-order valence-corrected chi connectivity index (χ2v) is 4.25. The molecule has 0 fully saturated rings. The van der Waals surface area contributed by atoms with Gasteiger partial charge >= 0.3 is 0 Å². The summed E-state index contributed by atoms with van der Waals surface area (Å²) < 4.78 is 1.96. The molecular weight excluding hydrogens is 230 g/mol. The summed E-state index contributed by atoms with van der Waals surface area (Å²) in [4.78, 5) is 14.1. The number of fused-ring (bicyclic) bond motifs is 1. The van der Waals surface area contributed by atoms with E-state index in [-0.39, 0.29) is 5.91 Å². The quantitative estimate of drug-likeness (QED) is 0.740. The molecule has 0 unspecified atom stereocenters. The molecule has 0 aliphatic carbocycles. The number of nitrogens with two attached hydrogens (primary N) is 1. The number of hydrogen-bond acceptors (Lipinski definition) is 4. The molecule has 6 heteroatoms. The molecule has 0 saturated carbocycles. The third-order valence-corrected chi connectivity index (χ3v) is 3.12. The molecule has 0 saturated heterocycles. The highest BCUT2D eigenvalue weighted by atomic mass is 16.2. The van der Waals surface area contributed by atoms with Crippen LogP contribution in [0.25, 0.3) is 0 Å². The van der Waals surface area contributed by atoms with Gasteiger partial charge < -0.3 is 15.2 Å². The first-order chi connectivity index (χ1) is 8.75. The van der Waals surface area contributed by atoms with E-state index in [9.17, 15) is 4.79 Å². The Morgan fingerprint density at radius 1 is 1.28 bits per heavy atom. The lowest BCUT2D eigenvalue weighted by atomic mass is 10.1. The largest absolute Gasteiger partial charge is 0.398 e. The summed E-state index contributed by atoms with van der Waals surface area (Å²) in [6.07, 6.45) is 1.69. The fourth-order valence-electron chi connectivity index (χ4n) is 2.10. The van der Waals surface area contributed by atoms with E-state index >= 15 is 0 Å². The Hall–Kier alpha value is -2.37. The van der Waals surface area contributed by atoms with Crippen molar-refractivity contribution >= 4 is 11.6 Å². The second-order valence-electron chi connectivity index (χ2n) is 4.25. The number of benzene rings is 1. The van der Waals surface area contributed by atoms with E-state index in [1.165, 1.54) is 0 Å². The Morgan fingerprint density at radius 3 is 2.94 bits per heavy atom. The van der Waals surface area contributed by atoms with Crippen molar-refractivity contribution in [3.8, 4) is 0 Å². The summed E-state index contributed by atoms with van der Waals surface area (Å²) in [5, 5.41) is 7.83. The SMILES string of the molecule is Nc1ccccc1C(=O)N1CCn2cnnc2C1. The Balaban J connectivity index is 1.85. The predicted octanol–water partition coefficient (Wildman–Crippen LogP) is 0.516. The second kappa shape index (κ2) is 4.14. The summed E-state index contributed by atoms with van der Waals surface area (Å²) in [6, 6.07) is 7.12. The molecule has 2 heterocycles. The minimum absolute atomic E-state index is 0.0534. The van der Waals surface area contributed by atoms with Gasteiger partial charge in [0.25, 0.3) is 5.91 Å². The summed E-state index contributed by atoms with van der Waals surface area (Å²) in [5.74, 6) is 0.756. The van der Waals surface area contributed by atoms with Crippen molar-refractivity contribution in [1.82, 2.24) is 19.7 Å². The lowest BCUT2D eigenvalue weighted by Gasteiger charge is -2.27. The number of hydrogen-bond donors (Lipinski definition) is 1. The van der Waals surface area contributed by atoms with Crippen molar-refractivity contribution in [3.63, 3.8) is 0 Å². The van der Waals surface area contributed by atoms with Crippen molar-refractivity contribution in [2.45, 2.75) is 13.1 Å². The van der Waals surface area contributed by atoms with Gasteiger partial charge in [-0.25, -0.2) is 0 Å². The van der Waals surface area contributed by atoms with Crippen LogP contribution < -0.4 is 5.73 Å². The van der Waals surface area contributed by atoms with Gasteiger partial charge in [0.1, 0.15) is 6.33 Å². The third kappa shape index (κ3) is 1.71. The van der Waals surface area contributed by atoms with Crippen molar-refractivity contribution in [3.05, 3.63) is 42.0 Å². The smallest absolute Gasteiger partial charge is 0.256 e. The van der Waals surface area contributed by atoms with Gasteiger partial charge in [0, 0.05) is 18.8 Å². The maximum atomic E-state index is 12.3. The fourth-order valence-corrected chi connectivity index (χ4v) is 2.10. The number of aromatic nitrogens is 3. The van der Waals surface area contributed by atoms with Crippen LogP contribution in [-0.2, 0) is 13.1 Å². The maximum absolute atomic E-state index is 12.3. The van der Waals surface area contributed by atoms with Crippen molar-refractivity contribution < 1.29 is 4.79 Å². The van der Waals surface area contributed by atoms with Gasteiger partial charge in [0.2, 0.25) is 0 Å². The van der Waals surface area contributed by atoms with Crippen LogP contribution in [0.1, 0.15) is 16.2 Å². The molecule has 1 amide bonds. The van der Waals surface area contributed by atoms with Gasteiger partial charge in [-0.15, -0.1) is 10.2 Å². The molecule has 0 radical (unpaired) electrons.